The first-order valence-corrected chi connectivity index (χ1v) is 12.3. The number of hydrogen-bond donors (Lipinski definition) is 0. The molecule has 0 bridgehead atoms. The predicted molar refractivity (Wildman–Crippen MR) is 105 cm³/mol. The van der Waals surface area contributed by atoms with Crippen LogP contribution in [0.3, 0.4) is 0 Å². The van der Waals surface area contributed by atoms with Gasteiger partial charge in [-0.3, -0.25) is 0 Å². The summed E-state index contributed by atoms with van der Waals surface area (Å²) in [5.74, 6) is -0.632. The van der Waals surface area contributed by atoms with Gasteiger partial charge in [0, 0.05) is 0 Å². The lowest BCUT2D eigenvalue weighted by Crippen LogP contribution is -2.36. The molecule has 144 valence electrons. The van der Waals surface area contributed by atoms with Crippen LogP contribution in [0.2, 0.25) is 0 Å². The molecule has 0 N–H and O–H groups in total. The summed E-state index contributed by atoms with van der Waals surface area (Å²) >= 11 is 0. The van der Waals surface area contributed by atoms with Crippen LogP contribution in [0.1, 0.15) is 36.8 Å². The first kappa shape index (κ1) is 18.7. The van der Waals surface area contributed by atoms with Gasteiger partial charge in [-0.15, -0.1) is 0 Å². The third-order valence-electron chi connectivity index (χ3n) is 6.19. The van der Waals surface area contributed by atoms with Crippen LogP contribution in [0.4, 0.5) is 0 Å². The molecule has 0 amide bonds. The fraction of sp³-hybridized carbons (Fsp3) is 0.429. The topological polar surface area (TPSA) is 68.3 Å². The molecule has 0 spiro atoms. The Morgan fingerprint density at radius 2 is 1.00 bits per heavy atom. The van der Waals surface area contributed by atoms with Crippen molar-refractivity contribution in [1.29, 1.82) is 0 Å². The predicted octanol–water partition coefficient (Wildman–Crippen LogP) is 4.07. The molecule has 2 fully saturated rings. The molecule has 2 atom stereocenters. The fourth-order valence-corrected chi connectivity index (χ4v) is 10.8. The Morgan fingerprint density at radius 1 is 0.667 bits per heavy atom. The second kappa shape index (κ2) is 6.17. The van der Waals surface area contributed by atoms with Crippen molar-refractivity contribution in [2.45, 2.75) is 53.4 Å². The zero-order valence-electron chi connectivity index (χ0n) is 15.6. The number of rotatable bonds is 4. The Kier molecular flexibility index (Phi) is 4.27. The molecule has 2 aromatic carbocycles. The molecule has 2 aliphatic carbocycles. The molecule has 27 heavy (non-hydrogen) atoms. The van der Waals surface area contributed by atoms with Crippen molar-refractivity contribution in [3.63, 3.8) is 0 Å². The van der Waals surface area contributed by atoms with Crippen LogP contribution in [0.25, 0.3) is 0 Å². The lowest BCUT2D eigenvalue weighted by Gasteiger charge is -2.20. The third-order valence-corrected chi connectivity index (χ3v) is 12.2. The highest BCUT2D eigenvalue weighted by molar-refractivity contribution is 8.11. The van der Waals surface area contributed by atoms with Crippen molar-refractivity contribution >= 4 is 19.7 Å². The zero-order chi connectivity index (χ0) is 19.4. The molecule has 2 aromatic rings. The minimum Gasteiger partial charge on any atom is -0.222 e. The SMILES string of the molecule is Cc1ccc(S(=O)(=O)C2(S(=O)(=O)c3ccc(C)cc3)C3CCCCC32)cc1. The van der Waals surface area contributed by atoms with Gasteiger partial charge in [0.25, 0.3) is 0 Å². The van der Waals surface area contributed by atoms with E-state index in [0.717, 1.165) is 24.0 Å². The highest BCUT2D eigenvalue weighted by atomic mass is 32.3. The van der Waals surface area contributed by atoms with Gasteiger partial charge in [0.1, 0.15) is 0 Å². The van der Waals surface area contributed by atoms with Gasteiger partial charge < -0.3 is 0 Å². The van der Waals surface area contributed by atoms with Crippen molar-refractivity contribution < 1.29 is 16.8 Å². The molecular formula is C21H24O4S2. The summed E-state index contributed by atoms with van der Waals surface area (Å²) in [6, 6.07) is 13.1. The maximum atomic E-state index is 13.7. The van der Waals surface area contributed by atoms with Gasteiger partial charge in [-0.1, -0.05) is 48.2 Å². The summed E-state index contributed by atoms with van der Waals surface area (Å²) in [4.78, 5) is 0.219. The van der Waals surface area contributed by atoms with Crippen LogP contribution < -0.4 is 0 Å². The average Bonchev–Trinajstić information content (AvgIpc) is 3.34. The second-order valence-corrected chi connectivity index (χ2v) is 12.4. The minimum atomic E-state index is -4.03. The number of aryl methyl sites for hydroxylation is 2. The Morgan fingerprint density at radius 3 is 1.33 bits per heavy atom. The normalized spacial score (nSPS) is 24.2. The van der Waals surface area contributed by atoms with Crippen LogP contribution in [0.5, 0.6) is 0 Å². The van der Waals surface area contributed by atoms with Gasteiger partial charge in [-0.2, -0.15) is 0 Å². The maximum Gasteiger partial charge on any atom is 0.199 e. The summed E-state index contributed by atoms with van der Waals surface area (Å²) in [6.45, 7) is 3.76. The van der Waals surface area contributed by atoms with E-state index in [-0.39, 0.29) is 21.6 Å². The molecular weight excluding hydrogens is 380 g/mol. The largest absolute Gasteiger partial charge is 0.222 e. The van der Waals surface area contributed by atoms with E-state index in [2.05, 4.69) is 0 Å². The highest BCUT2D eigenvalue weighted by Gasteiger charge is 2.79. The smallest absolute Gasteiger partial charge is 0.199 e. The van der Waals surface area contributed by atoms with E-state index in [1.807, 2.05) is 13.8 Å². The number of sulfone groups is 2. The van der Waals surface area contributed by atoms with E-state index in [9.17, 15) is 16.8 Å². The van der Waals surface area contributed by atoms with E-state index < -0.39 is 23.8 Å². The van der Waals surface area contributed by atoms with E-state index >= 15 is 0 Å². The van der Waals surface area contributed by atoms with Gasteiger partial charge in [-0.05, 0) is 62.8 Å². The zero-order valence-corrected chi connectivity index (χ0v) is 17.2. The van der Waals surface area contributed by atoms with Crippen LogP contribution >= 0.6 is 0 Å². The van der Waals surface area contributed by atoms with Crippen molar-refractivity contribution in [1.82, 2.24) is 0 Å². The van der Waals surface area contributed by atoms with Crippen LogP contribution in [0.15, 0.2) is 58.3 Å². The number of hydrogen-bond acceptors (Lipinski definition) is 4. The molecule has 0 aromatic heterocycles. The lowest BCUT2D eigenvalue weighted by molar-refractivity contribution is 0.480. The number of benzene rings is 2. The quantitative estimate of drug-likeness (QED) is 0.770. The van der Waals surface area contributed by atoms with Gasteiger partial charge in [0.2, 0.25) is 0 Å². The van der Waals surface area contributed by atoms with Crippen LogP contribution in [0, 0.1) is 25.7 Å². The Balaban J connectivity index is 1.92. The molecule has 0 heterocycles. The Bertz CT molecular complexity index is 977. The van der Waals surface area contributed by atoms with Crippen LogP contribution in [-0.2, 0) is 19.7 Å². The van der Waals surface area contributed by atoms with Gasteiger partial charge >= 0.3 is 0 Å². The molecule has 2 unspecified atom stereocenters. The van der Waals surface area contributed by atoms with E-state index in [0.29, 0.717) is 12.8 Å². The van der Waals surface area contributed by atoms with Gasteiger partial charge in [0.05, 0.1) is 9.79 Å². The van der Waals surface area contributed by atoms with Crippen molar-refractivity contribution in [3.8, 4) is 0 Å². The average molecular weight is 405 g/mol. The van der Waals surface area contributed by atoms with Gasteiger partial charge in [0.15, 0.2) is 23.8 Å². The summed E-state index contributed by atoms with van der Waals surface area (Å²) in [6.07, 6.45) is 3.08. The van der Waals surface area contributed by atoms with Crippen LogP contribution in [-0.4, -0.2) is 20.9 Å². The second-order valence-electron chi connectivity index (χ2n) is 7.85. The summed E-state index contributed by atoms with van der Waals surface area (Å²) in [7, 11) is -8.06. The fourth-order valence-electron chi connectivity index (χ4n) is 4.76. The minimum absolute atomic E-state index is 0.109. The molecule has 0 aliphatic heterocycles. The maximum absolute atomic E-state index is 13.7. The molecule has 0 saturated heterocycles. The third kappa shape index (κ3) is 2.53. The van der Waals surface area contributed by atoms with E-state index in [1.165, 1.54) is 0 Å². The first-order valence-electron chi connectivity index (χ1n) is 9.35. The van der Waals surface area contributed by atoms with Gasteiger partial charge in [-0.25, -0.2) is 16.8 Å². The summed E-state index contributed by atoms with van der Waals surface area (Å²) in [5, 5.41) is 0. The Labute approximate surface area is 161 Å². The highest BCUT2D eigenvalue weighted by Crippen LogP contribution is 2.68. The molecule has 4 rings (SSSR count). The molecule has 2 saturated carbocycles. The van der Waals surface area contributed by atoms with Crippen molar-refractivity contribution in [2.75, 3.05) is 0 Å². The Hall–Kier alpha value is -1.66. The van der Waals surface area contributed by atoms with E-state index in [4.69, 9.17) is 0 Å². The summed E-state index contributed by atoms with van der Waals surface area (Å²) in [5.41, 5.74) is 1.88. The van der Waals surface area contributed by atoms with E-state index in [1.54, 1.807) is 48.5 Å². The first-order chi connectivity index (χ1) is 12.7. The molecule has 0 radical (unpaired) electrons. The monoisotopic (exact) mass is 404 g/mol. The summed E-state index contributed by atoms with van der Waals surface area (Å²) < 4.78 is 53.1. The standard InChI is InChI=1S/C21H24O4S2/c1-15-7-11-17(12-8-15)26(22,23)21(19-5-3-4-6-20(19)21)27(24,25)18-13-9-16(2)10-14-18/h7-14,19-20H,3-6H2,1-2H3. The molecule has 6 heteroatoms. The van der Waals surface area contributed by atoms with Crippen molar-refractivity contribution in [2.24, 2.45) is 11.8 Å². The molecule has 2 aliphatic rings. The number of fused-ring (bicyclic) bond motifs is 1. The molecule has 4 nitrogen and oxygen atoms in total. The van der Waals surface area contributed by atoms with Crippen molar-refractivity contribution in [3.05, 3.63) is 59.7 Å². The lowest BCUT2D eigenvalue weighted by atomic mass is 10.0.